The Balaban J connectivity index is 1.24. The smallest absolute Gasteiger partial charge is 0.227 e. The maximum Gasteiger partial charge on any atom is 0.227 e. The maximum absolute atomic E-state index is 5.93. The van der Waals surface area contributed by atoms with Crippen LogP contribution in [0.15, 0.2) is 100 Å². The van der Waals surface area contributed by atoms with E-state index in [2.05, 4.69) is 54.7 Å². The van der Waals surface area contributed by atoms with E-state index in [4.69, 9.17) is 8.83 Å². The Labute approximate surface area is 197 Å². The Morgan fingerprint density at radius 1 is 0.588 bits per heavy atom. The second-order valence-corrected chi connectivity index (χ2v) is 8.61. The highest BCUT2D eigenvalue weighted by Crippen LogP contribution is 2.30. The van der Waals surface area contributed by atoms with E-state index in [0.717, 1.165) is 61.2 Å². The molecule has 0 N–H and O–H groups in total. The fraction of sp³-hybridized carbons (Fsp3) is 0.0667. The first-order valence-corrected chi connectivity index (χ1v) is 11.2. The molecule has 164 valence electrons. The van der Waals surface area contributed by atoms with Gasteiger partial charge in [-0.1, -0.05) is 43.0 Å². The monoisotopic (exact) mass is 442 g/mol. The van der Waals surface area contributed by atoms with Crippen LogP contribution in [-0.4, -0.2) is 9.97 Å². The van der Waals surface area contributed by atoms with Crippen LogP contribution in [-0.2, 0) is 0 Å². The van der Waals surface area contributed by atoms with Gasteiger partial charge in [0.25, 0.3) is 0 Å². The van der Waals surface area contributed by atoms with Crippen LogP contribution in [0.2, 0.25) is 0 Å². The number of fused-ring (bicyclic) bond motifs is 2. The van der Waals surface area contributed by atoms with E-state index in [-0.39, 0.29) is 0 Å². The summed E-state index contributed by atoms with van der Waals surface area (Å²) in [6.07, 6.45) is 0. The van der Waals surface area contributed by atoms with Gasteiger partial charge in [-0.2, -0.15) is 0 Å². The Morgan fingerprint density at radius 2 is 1.00 bits per heavy atom. The Kier molecular flexibility index (Phi) is 4.66. The molecule has 0 unspecified atom stereocenters. The van der Waals surface area contributed by atoms with Crippen LogP contribution in [0.3, 0.4) is 0 Å². The molecule has 2 aromatic heterocycles. The van der Waals surface area contributed by atoms with Crippen LogP contribution in [0.1, 0.15) is 22.3 Å². The Morgan fingerprint density at radius 3 is 1.41 bits per heavy atom. The van der Waals surface area contributed by atoms with Crippen molar-refractivity contribution in [1.29, 1.82) is 0 Å². The molecule has 4 nitrogen and oxygen atoms in total. The van der Waals surface area contributed by atoms with Gasteiger partial charge in [-0.05, 0) is 90.2 Å². The lowest BCUT2D eigenvalue weighted by Crippen LogP contribution is -1.87. The van der Waals surface area contributed by atoms with Crippen molar-refractivity contribution in [2.45, 2.75) is 13.8 Å². The molecule has 0 radical (unpaired) electrons. The highest BCUT2D eigenvalue weighted by molar-refractivity contribution is 5.82. The molecule has 0 fully saturated rings. The summed E-state index contributed by atoms with van der Waals surface area (Å²) in [5.74, 6) is 1.24. The van der Waals surface area contributed by atoms with Gasteiger partial charge >= 0.3 is 0 Å². The van der Waals surface area contributed by atoms with Gasteiger partial charge in [0, 0.05) is 11.1 Å². The Hall–Kier alpha value is -4.44. The second-order valence-electron chi connectivity index (χ2n) is 8.61. The predicted octanol–water partition coefficient (Wildman–Crippen LogP) is 7.98. The molecule has 0 spiro atoms. The van der Waals surface area contributed by atoms with Crippen molar-refractivity contribution in [1.82, 2.24) is 9.97 Å². The summed E-state index contributed by atoms with van der Waals surface area (Å²) in [5.41, 5.74) is 10.6. The first-order valence-electron chi connectivity index (χ1n) is 11.2. The van der Waals surface area contributed by atoms with Gasteiger partial charge in [-0.3, -0.25) is 0 Å². The van der Waals surface area contributed by atoms with Gasteiger partial charge in [0.05, 0.1) is 0 Å². The zero-order chi connectivity index (χ0) is 23.2. The maximum atomic E-state index is 5.93. The molecule has 34 heavy (non-hydrogen) atoms. The molecule has 0 atom stereocenters. The summed E-state index contributed by atoms with van der Waals surface area (Å²) < 4.78 is 11.9. The minimum atomic E-state index is 0.621. The molecule has 0 saturated heterocycles. The lowest BCUT2D eigenvalue weighted by atomic mass is 9.97. The minimum absolute atomic E-state index is 0.621. The normalized spacial score (nSPS) is 11.4. The number of aryl methyl sites for hydroxylation is 2. The van der Waals surface area contributed by atoms with Crippen molar-refractivity contribution in [3.63, 3.8) is 0 Å². The molecule has 0 aliphatic rings. The minimum Gasteiger partial charge on any atom is -0.436 e. The third-order valence-corrected chi connectivity index (χ3v) is 6.05. The van der Waals surface area contributed by atoms with Gasteiger partial charge in [-0.15, -0.1) is 0 Å². The van der Waals surface area contributed by atoms with Crippen molar-refractivity contribution in [3.05, 3.63) is 114 Å². The van der Waals surface area contributed by atoms with E-state index in [9.17, 15) is 0 Å². The number of benzene rings is 4. The fourth-order valence-electron chi connectivity index (χ4n) is 4.12. The van der Waals surface area contributed by atoms with Crippen molar-refractivity contribution in [2.75, 3.05) is 0 Å². The predicted molar refractivity (Wildman–Crippen MR) is 136 cm³/mol. The van der Waals surface area contributed by atoms with Gasteiger partial charge in [0.15, 0.2) is 11.2 Å². The summed E-state index contributed by atoms with van der Waals surface area (Å²) in [6, 6.07) is 28.3. The second kappa shape index (κ2) is 7.85. The third kappa shape index (κ3) is 3.59. The van der Waals surface area contributed by atoms with E-state index >= 15 is 0 Å². The molecule has 6 aromatic rings. The molecule has 0 bridgehead atoms. The van der Waals surface area contributed by atoms with Crippen LogP contribution in [0, 0.1) is 13.8 Å². The van der Waals surface area contributed by atoms with Crippen molar-refractivity contribution in [2.24, 2.45) is 0 Å². The van der Waals surface area contributed by atoms with Gasteiger partial charge < -0.3 is 8.83 Å². The molecule has 0 amide bonds. The molecule has 0 saturated carbocycles. The summed E-state index contributed by atoms with van der Waals surface area (Å²) in [4.78, 5) is 9.26. The quantitative estimate of drug-likeness (QED) is 0.278. The molecule has 4 aromatic carbocycles. The standard InChI is InChI=1S/C30H22N2O2/c1-18-4-14-27-25(16-18)31-29(33-27)23-10-6-21(7-11-23)20(3)22-8-12-24(13-9-22)30-32-26-17-19(2)5-15-28(26)34-30/h4-17H,3H2,1-2H3. The fourth-order valence-corrected chi connectivity index (χ4v) is 4.12. The Bertz CT molecular complexity index is 1540. The van der Waals surface area contributed by atoms with E-state index in [1.165, 1.54) is 0 Å². The van der Waals surface area contributed by atoms with E-state index in [1.54, 1.807) is 0 Å². The average Bonchev–Trinajstić information content (AvgIpc) is 3.47. The summed E-state index contributed by atoms with van der Waals surface area (Å²) >= 11 is 0. The summed E-state index contributed by atoms with van der Waals surface area (Å²) in [5, 5.41) is 0. The number of rotatable bonds is 4. The largest absolute Gasteiger partial charge is 0.436 e. The number of aromatic nitrogens is 2. The van der Waals surface area contributed by atoms with Crippen molar-refractivity contribution >= 4 is 27.8 Å². The lowest BCUT2D eigenvalue weighted by molar-refractivity contribution is 0.619. The molecule has 4 heteroatoms. The van der Waals surface area contributed by atoms with Gasteiger partial charge in [0.2, 0.25) is 11.8 Å². The number of oxazole rings is 2. The highest BCUT2D eigenvalue weighted by atomic mass is 16.4. The molecular weight excluding hydrogens is 420 g/mol. The topological polar surface area (TPSA) is 52.1 Å². The van der Waals surface area contributed by atoms with Crippen molar-refractivity contribution < 1.29 is 8.83 Å². The first-order chi connectivity index (χ1) is 16.5. The van der Waals surface area contributed by atoms with Crippen LogP contribution in [0.5, 0.6) is 0 Å². The van der Waals surface area contributed by atoms with Crippen LogP contribution < -0.4 is 0 Å². The third-order valence-electron chi connectivity index (χ3n) is 6.05. The molecular formula is C30H22N2O2. The molecule has 0 aliphatic heterocycles. The van der Waals surface area contributed by atoms with Crippen molar-refractivity contribution in [3.8, 4) is 22.9 Å². The van der Waals surface area contributed by atoms with E-state index in [1.807, 2.05) is 60.7 Å². The molecule has 2 heterocycles. The van der Waals surface area contributed by atoms with Gasteiger partial charge in [0.1, 0.15) is 11.0 Å². The van der Waals surface area contributed by atoms with Crippen LogP contribution in [0.4, 0.5) is 0 Å². The molecule has 6 rings (SSSR count). The number of hydrogen-bond donors (Lipinski definition) is 0. The lowest BCUT2D eigenvalue weighted by Gasteiger charge is -2.07. The highest BCUT2D eigenvalue weighted by Gasteiger charge is 2.11. The van der Waals surface area contributed by atoms with Crippen LogP contribution >= 0.6 is 0 Å². The SMILES string of the molecule is C=C(c1ccc(-c2nc3cc(C)ccc3o2)cc1)c1ccc(-c2nc3cc(C)ccc3o2)cc1. The number of hydrogen-bond acceptors (Lipinski definition) is 4. The van der Waals surface area contributed by atoms with Crippen LogP contribution in [0.25, 0.3) is 50.7 Å². The average molecular weight is 443 g/mol. The zero-order valence-corrected chi connectivity index (χ0v) is 19.0. The van der Waals surface area contributed by atoms with Gasteiger partial charge in [-0.25, -0.2) is 9.97 Å². The number of nitrogens with zero attached hydrogens (tertiary/aromatic N) is 2. The van der Waals surface area contributed by atoms with E-state index in [0.29, 0.717) is 11.8 Å². The molecule has 0 aliphatic carbocycles. The van der Waals surface area contributed by atoms with E-state index < -0.39 is 0 Å². The first kappa shape index (κ1) is 20.2. The summed E-state index contributed by atoms with van der Waals surface area (Å²) in [6.45, 7) is 8.41. The summed E-state index contributed by atoms with van der Waals surface area (Å²) in [7, 11) is 0. The zero-order valence-electron chi connectivity index (χ0n) is 19.0.